The predicted molar refractivity (Wildman–Crippen MR) is 11.5 cm³/mol. The van der Waals surface area contributed by atoms with Crippen molar-refractivity contribution >= 4 is 10.8 Å². The second-order valence-electron chi connectivity index (χ2n) is 0.167. The van der Waals surface area contributed by atoms with E-state index in [1.54, 1.807) is 0 Å². The molecule has 0 atom stereocenters. The smallest absolute Gasteiger partial charge is 0 e. The van der Waals surface area contributed by atoms with Gasteiger partial charge in [0.1, 0.15) is 0 Å². The topological polar surface area (TPSA) is 0 Å². The Labute approximate surface area is 44.6 Å². The van der Waals surface area contributed by atoms with E-state index in [9.17, 15) is 0 Å². The Balaban J connectivity index is 0. The van der Waals surface area contributed by atoms with Gasteiger partial charge in [0.2, 0.25) is 0 Å². The standard InChI is InChI=1S/2B.Ni.Ti. The first-order valence-corrected chi connectivity index (χ1v) is 2.38. The molecular formula is B2NiTi. The monoisotopic (exact) mass is 128 g/mol. The minimum Gasteiger partial charge on any atom is 0 e. The third-order valence-corrected chi connectivity index (χ3v) is 0. The Morgan fingerprint density at radius 2 is 1.25 bits per heavy atom. The van der Waals surface area contributed by atoms with Crippen molar-refractivity contribution in [2.45, 2.75) is 0 Å². The first-order chi connectivity index (χ1) is 1.41. The zero-order valence-corrected chi connectivity index (χ0v) is 4.52. The fourth-order valence-electron chi connectivity index (χ4n) is 0. The van der Waals surface area contributed by atoms with Crippen LogP contribution in [0.5, 0.6) is 0 Å². The molecule has 4 heteroatoms. The molecule has 0 aliphatic carbocycles. The Morgan fingerprint density at radius 3 is 1.25 bits per heavy atom. The molecule has 0 nitrogen and oxygen atoms in total. The fraction of sp³-hybridized carbons (Fsp3) is 0. The minimum atomic E-state index is -0.500. The van der Waals surface area contributed by atoms with Crippen LogP contribution in [0.1, 0.15) is 0 Å². The van der Waals surface area contributed by atoms with Crippen molar-refractivity contribution in [3.8, 4) is 0 Å². The van der Waals surface area contributed by atoms with Crippen molar-refractivity contribution in [2.24, 2.45) is 0 Å². The SMILES string of the molecule is [B]#[Ti]#[B].[Ni]. The van der Waals surface area contributed by atoms with Gasteiger partial charge in [-0.1, -0.05) is 0 Å². The molecule has 20 valence electrons. The van der Waals surface area contributed by atoms with Crippen LogP contribution >= 0.6 is 0 Å². The van der Waals surface area contributed by atoms with E-state index in [4.69, 9.17) is 10.8 Å². The van der Waals surface area contributed by atoms with E-state index in [0.717, 1.165) is 0 Å². The van der Waals surface area contributed by atoms with Gasteiger partial charge in [0.15, 0.2) is 0 Å². The van der Waals surface area contributed by atoms with Crippen LogP contribution in [0.4, 0.5) is 0 Å². The van der Waals surface area contributed by atoms with Crippen molar-refractivity contribution in [3.63, 3.8) is 0 Å². The van der Waals surface area contributed by atoms with Gasteiger partial charge in [-0.2, -0.15) is 0 Å². The van der Waals surface area contributed by atoms with Gasteiger partial charge in [-0.3, -0.25) is 0 Å². The zero-order chi connectivity index (χ0) is 2.71. The van der Waals surface area contributed by atoms with Crippen LogP contribution in [0.25, 0.3) is 0 Å². The van der Waals surface area contributed by atoms with Crippen molar-refractivity contribution in [3.05, 3.63) is 0 Å². The van der Waals surface area contributed by atoms with E-state index in [0.29, 0.717) is 0 Å². The van der Waals surface area contributed by atoms with Crippen LogP contribution in [0.15, 0.2) is 0 Å². The zero-order valence-electron chi connectivity index (χ0n) is 1.97. The maximum absolute atomic E-state index is 4.75. The third kappa shape index (κ3) is 10.2. The molecule has 0 saturated carbocycles. The summed E-state index contributed by atoms with van der Waals surface area (Å²) in [6, 6.07) is 0. The van der Waals surface area contributed by atoms with Crippen LogP contribution in [-0.4, -0.2) is 10.8 Å². The van der Waals surface area contributed by atoms with Gasteiger partial charge in [-0.25, -0.2) is 0 Å². The summed E-state index contributed by atoms with van der Waals surface area (Å²) < 4.78 is 0. The van der Waals surface area contributed by atoms with Gasteiger partial charge in [0.05, 0.1) is 0 Å². The largest absolute Gasteiger partial charge is 0 e. The van der Waals surface area contributed by atoms with Gasteiger partial charge in [-0.05, 0) is 0 Å². The summed E-state index contributed by atoms with van der Waals surface area (Å²) in [6.07, 6.45) is 0. The number of rotatable bonds is 0. The molecule has 0 heterocycles. The van der Waals surface area contributed by atoms with Gasteiger partial charge < -0.3 is 0 Å². The average molecular weight is 128 g/mol. The molecule has 0 fully saturated rings. The predicted octanol–water partition coefficient (Wildman–Crippen LogP) is -0.767. The van der Waals surface area contributed by atoms with E-state index in [-0.39, 0.29) is 16.5 Å². The van der Waals surface area contributed by atoms with Gasteiger partial charge in [-0.15, -0.1) is 0 Å². The Bertz CT molecular complexity index is 79.2. The minimum absolute atomic E-state index is 0. The number of hydrogen-bond acceptors (Lipinski definition) is 0. The normalized spacial score (nSPS) is 6.00. The first kappa shape index (κ1) is 9.02. The summed E-state index contributed by atoms with van der Waals surface area (Å²) >= 11 is -0.500. The molecule has 0 aromatic rings. The molecule has 0 aliphatic rings. The Kier molecular flexibility index (Phi) is 19.9. The Morgan fingerprint density at radius 1 is 1.25 bits per heavy atom. The van der Waals surface area contributed by atoms with Crippen molar-refractivity contribution in [1.29, 1.82) is 0 Å². The van der Waals surface area contributed by atoms with E-state index >= 15 is 0 Å². The third-order valence-electron chi connectivity index (χ3n) is 0. The molecule has 0 N–H and O–H groups in total. The second-order valence-corrected chi connectivity index (χ2v) is 0.687. The fourth-order valence-corrected chi connectivity index (χ4v) is 0. The van der Waals surface area contributed by atoms with Crippen LogP contribution in [0.3, 0.4) is 0 Å². The molecule has 0 saturated heterocycles. The number of hydrogen-bond donors (Lipinski definition) is 0. The molecule has 4 heavy (non-hydrogen) atoms. The van der Waals surface area contributed by atoms with Crippen LogP contribution in [-0.2, 0) is 33.9 Å². The summed E-state index contributed by atoms with van der Waals surface area (Å²) in [4.78, 5) is 0. The maximum atomic E-state index is 4.75. The molecule has 0 radical (unpaired) electrons. The maximum Gasteiger partial charge on any atom is 0 e. The molecular weight excluding hydrogens is 128 g/mol. The molecule has 0 rings (SSSR count). The molecule has 0 aromatic heterocycles. The van der Waals surface area contributed by atoms with E-state index < -0.39 is 17.4 Å². The van der Waals surface area contributed by atoms with Crippen LogP contribution < -0.4 is 0 Å². The van der Waals surface area contributed by atoms with Crippen LogP contribution in [0.2, 0.25) is 0 Å². The Hall–Kier alpha value is 1.34. The van der Waals surface area contributed by atoms with Crippen molar-refractivity contribution in [1.82, 2.24) is 0 Å². The molecule has 0 amide bonds. The second kappa shape index (κ2) is 8.84. The first-order valence-electron chi connectivity index (χ1n) is 0.577. The summed E-state index contributed by atoms with van der Waals surface area (Å²) in [5, 5.41) is 9.50. The molecule has 0 unspecified atom stereocenters. The molecule has 0 spiro atoms. The molecule has 0 aromatic carbocycles. The molecule has 0 bridgehead atoms. The quantitative estimate of drug-likeness (QED) is 0.376. The summed E-state index contributed by atoms with van der Waals surface area (Å²) in [7, 11) is 0. The van der Waals surface area contributed by atoms with Gasteiger partial charge in [0.25, 0.3) is 0 Å². The molecule has 0 aliphatic heterocycles. The summed E-state index contributed by atoms with van der Waals surface area (Å²) in [5.41, 5.74) is 0. The van der Waals surface area contributed by atoms with E-state index in [1.807, 2.05) is 0 Å². The van der Waals surface area contributed by atoms with Crippen molar-refractivity contribution in [2.75, 3.05) is 0 Å². The average Bonchev–Trinajstić information content (AvgIpc) is 0.918. The summed E-state index contributed by atoms with van der Waals surface area (Å²) in [6.45, 7) is 0. The van der Waals surface area contributed by atoms with Crippen LogP contribution in [0, 0.1) is 0 Å². The van der Waals surface area contributed by atoms with Gasteiger partial charge >= 0.3 is 28.1 Å². The summed E-state index contributed by atoms with van der Waals surface area (Å²) in [5.74, 6) is 0. The van der Waals surface area contributed by atoms with Gasteiger partial charge in [0, 0.05) is 16.5 Å². The van der Waals surface area contributed by atoms with E-state index in [2.05, 4.69) is 0 Å². The van der Waals surface area contributed by atoms with Crippen molar-refractivity contribution < 1.29 is 33.9 Å². The van der Waals surface area contributed by atoms with E-state index in [1.165, 1.54) is 0 Å².